The lowest BCUT2D eigenvalue weighted by atomic mass is 10.2. The first-order valence-corrected chi connectivity index (χ1v) is 9.61. The first-order chi connectivity index (χ1) is 13.0. The molecule has 3 aromatic carbocycles. The molecule has 136 valence electrons. The number of benzene rings is 3. The summed E-state index contributed by atoms with van der Waals surface area (Å²) in [5.74, 6) is 1.17. The number of methoxy groups -OCH3 is 1. The fourth-order valence-corrected chi connectivity index (χ4v) is 3.80. The molecule has 5 nitrogen and oxygen atoms in total. The van der Waals surface area contributed by atoms with Crippen molar-refractivity contribution < 1.29 is 17.9 Å². The molecule has 0 radical (unpaired) electrons. The minimum Gasteiger partial charge on any atom is -0.495 e. The molecular formula is C21H17NO4S. The largest absolute Gasteiger partial charge is 0.495 e. The SMILES string of the molecule is COc1cccc(Oc2ccc(S(=O)(=O)c3ccc(C)cc3)cc2)c1C#N. The predicted octanol–water partition coefficient (Wildman–Crippen LogP) is 4.50. The van der Waals surface area contributed by atoms with Gasteiger partial charge in [-0.3, -0.25) is 0 Å². The van der Waals surface area contributed by atoms with Crippen LogP contribution in [-0.2, 0) is 9.84 Å². The van der Waals surface area contributed by atoms with E-state index in [0.29, 0.717) is 17.2 Å². The summed E-state index contributed by atoms with van der Waals surface area (Å²) in [4.78, 5) is 0.409. The molecular weight excluding hydrogens is 362 g/mol. The van der Waals surface area contributed by atoms with Gasteiger partial charge >= 0.3 is 0 Å². The summed E-state index contributed by atoms with van der Waals surface area (Å²) in [6.45, 7) is 1.90. The number of hydrogen-bond acceptors (Lipinski definition) is 5. The van der Waals surface area contributed by atoms with Gasteiger partial charge in [-0.2, -0.15) is 5.26 Å². The monoisotopic (exact) mass is 379 g/mol. The number of hydrogen-bond donors (Lipinski definition) is 0. The van der Waals surface area contributed by atoms with Gasteiger partial charge in [0.2, 0.25) is 9.84 Å². The Morgan fingerprint density at radius 3 is 1.96 bits per heavy atom. The van der Waals surface area contributed by atoms with Crippen molar-refractivity contribution in [1.29, 1.82) is 5.26 Å². The molecule has 0 amide bonds. The van der Waals surface area contributed by atoms with E-state index in [1.807, 2.05) is 6.92 Å². The van der Waals surface area contributed by atoms with Gasteiger partial charge < -0.3 is 9.47 Å². The molecule has 0 aliphatic heterocycles. The number of nitriles is 1. The van der Waals surface area contributed by atoms with Crippen LogP contribution in [0.15, 0.2) is 76.5 Å². The van der Waals surface area contributed by atoms with Crippen LogP contribution in [0.4, 0.5) is 0 Å². The first-order valence-electron chi connectivity index (χ1n) is 8.12. The smallest absolute Gasteiger partial charge is 0.206 e. The van der Waals surface area contributed by atoms with Crippen LogP contribution in [0.2, 0.25) is 0 Å². The van der Waals surface area contributed by atoms with Crippen molar-refractivity contribution in [3.8, 4) is 23.3 Å². The molecule has 0 aliphatic rings. The van der Waals surface area contributed by atoms with Crippen LogP contribution in [0.1, 0.15) is 11.1 Å². The van der Waals surface area contributed by atoms with Crippen LogP contribution in [-0.4, -0.2) is 15.5 Å². The number of aryl methyl sites for hydroxylation is 1. The van der Waals surface area contributed by atoms with E-state index in [4.69, 9.17) is 9.47 Å². The molecule has 0 heterocycles. The van der Waals surface area contributed by atoms with Gasteiger partial charge in [0.05, 0.1) is 16.9 Å². The zero-order chi connectivity index (χ0) is 19.4. The molecule has 3 aromatic rings. The van der Waals surface area contributed by atoms with Gasteiger partial charge in [0.15, 0.2) is 0 Å². The topological polar surface area (TPSA) is 76.4 Å². The molecule has 0 saturated heterocycles. The maximum atomic E-state index is 12.7. The third kappa shape index (κ3) is 3.78. The van der Waals surface area contributed by atoms with Gasteiger partial charge in [-0.1, -0.05) is 23.8 Å². The number of ether oxygens (including phenoxy) is 2. The zero-order valence-electron chi connectivity index (χ0n) is 14.8. The van der Waals surface area contributed by atoms with E-state index < -0.39 is 9.84 Å². The first kappa shape index (κ1) is 18.5. The van der Waals surface area contributed by atoms with Crippen molar-refractivity contribution in [3.05, 3.63) is 77.9 Å². The van der Waals surface area contributed by atoms with Crippen LogP contribution >= 0.6 is 0 Å². The lowest BCUT2D eigenvalue weighted by Gasteiger charge is -2.11. The van der Waals surface area contributed by atoms with Gasteiger partial charge in [0, 0.05) is 0 Å². The average Bonchev–Trinajstić information content (AvgIpc) is 2.68. The van der Waals surface area contributed by atoms with Crippen molar-refractivity contribution in [2.24, 2.45) is 0 Å². The highest BCUT2D eigenvalue weighted by Crippen LogP contribution is 2.32. The summed E-state index contributed by atoms with van der Waals surface area (Å²) in [6.07, 6.45) is 0. The molecule has 0 N–H and O–H groups in total. The third-order valence-corrected chi connectivity index (χ3v) is 5.80. The Morgan fingerprint density at radius 2 is 1.41 bits per heavy atom. The lowest BCUT2D eigenvalue weighted by molar-refractivity contribution is 0.407. The average molecular weight is 379 g/mol. The number of nitrogens with zero attached hydrogens (tertiary/aromatic N) is 1. The van der Waals surface area contributed by atoms with Gasteiger partial charge in [-0.05, 0) is 55.5 Å². The van der Waals surface area contributed by atoms with E-state index in [9.17, 15) is 13.7 Å². The summed E-state index contributed by atoms with van der Waals surface area (Å²) < 4.78 is 36.3. The molecule has 0 unspecified atom stereocenters. The molecule has 0 aromatic heterocycles. The Labute approximate surface area is 158 Å². The predicted molar refractivity (Wildman–Crippen MR) is 101 cm³/mol. The fourth-order valence-electron chi connectivity index (χ4n) is 2.54. The second-order valence-corrected chi connectivity index (χ2v) is 7.78. The summed E-state index contributed by atoms with van der Waals surface area (Å²) in [5, 5.41) is 9.32. The number of sulfone groups is 1. The molecule has 0 aliphatic carbocycles. The summed E-state index contributed by atoms with van der Waals surface area (Å²) >= 11 is 0. The quantitative estimate of drug-likeness (QED) is 0.652. The Balaban J connectivity index is 1.89. The van der Waals surface area contributed by atoms with E-state index in [-0.39, 0.29) is 15.4 Å². The summed E-state index contributed by atoms with van der Waals surface area (Å²) in [7, 11) is -2.12. The van der Waals surface area contributed by atoms with Crippen molar-refractivity contribution in [2.45, 2.75) is 16.7 Å². The fraction of sp³-hybridized carbons (Fsp3) is 0.0952. The van der Waals surface area contributed by atoms with E-state index >= 15 is 0 Å². The molecule has 0 fully saturated rings. The maximum Gasteiger partial charge on any atom is 0.206 e. The Bertz CT molecular complexity index is 1100. The highest BCUT2D eigenvalue weighted by Gasteiger charge is 2.18. The van der Waals surface area contributed by atoms with E-state index in [2.05, 4.69) is 6.07 Å². The van der Waals surface area contributed by atoms with Crippen molar-refractivity contribution in [2.75, 3.05) is 7.11 Å². The Kier molecular flexibility index (Phi) is 5.15. The van der Waals surface area contributed by atoms with Crippen LogP contribution < -0.4 is 9.47 Å². The highest BCUT2D eigenvalue weighted by molar-refractivity contribution is 7.91. The van der Waals surface area contributed by atoms with Gasteiger partial charge in [-0.15, -0.1) is 0 Å². The van der Waals surface area contributed by atoms with Crippen LogP contribution in [0.25, 0.3) is 0 Å². The van der Waals surface area contributed by atoms with Crippen molar-refractivity contribution >= 4 is 9.84 Å². The van der Waals surface area contributed by atoms with Crippen LogP contribution in [0.3, 0.4) is 0 Å². The summed E-state index contributed by atoms with van der Waals surface area (Å²) in [6, 6.07) is 19.9. The van der Waals surface area contributed by atoms with E-state index in [1.54, 1.807) is 54.6 Å². The normalized spacial score (nSPS) is 10.9. The van der Waals surface area contributed by atoms with Gasteiger partial charge in [0.25, 0.3) is 0 Å². The van der Waals surface area contributed by atoms with E-state index in [1.165, 1.54) is 19.2 Å². The van der Waals surface area contributed by atoms with Crippen LogP contribution in [0, 0.1) is 18.3 Å². The van der Waals surface area contributed by atoms with Crippen LogP contribution in [0.5, 0.6) is 17.2 Å². The van der Waals surface area contributed by atoms with Gasteiger partial charge in [-0.25, -0.2) is 8.42 Å². The Hall–Kier alpha value is -3.30. The minimum atomic E-state index is -3.60. The minimum absolute atomic E-state index is 0.171. The van der Waals surface area contributed by atoms with E-state index in [0.717, 1.165) is 5.56 Å². The van der Waals surface area contributed by atoms with Crippen molar-refractivity contribution in [1.82, 2.24) is 0 Å². The third-order valence-electron chi connectivity index (χ3n) is 4.01. The standard InChI is InChI=1S/C21H17NO4S/c1-15-6-10-17(11-7-15)27(23,24)18-12-8-16(9-13-18)26-21-5-3-4-20(25-2)19(21)14-22/h3-13H,1-2H3. The Morgan fingerprint density at radius 1 is 0.852 bits per heavy atom. The zero-order valence-corrected chi connectivity index (χ0v) is 15.7. The summed E-state index contributed by atoms with van der Waals surface area (Å²) in [5.41, 5.74) is 1.26. The molecule has 6 heteroatoms. The molecule has 3 rings (SSSR count). The second kappa shape index (κ2) is 7.52. The maximum absolute atomic E-state index is 12.7. The molecule has 0 spiro atoms. The van der Waals surface area contributed by atoms with Crippen molar-refractivity contribution in [3.63, 3.8) is 0 Å². The lowest BCUT2D eigenvalue weighted by Crippen LogP contribution is -2.02. The highest BCUT2D eigenvalue weighted by atomic mass is 32.2. The number of rotatable bonds is 5. The van der Waals surface area contributed by atoms with Gasteiger partial charge in [0.1, 0.15) is 28.9 Å². The second-order valence-electron chi connectivity index (χ2n) is 5.84. The molecule has 0 saturated carbocycles. The molecule has 27 heavy (non-hydrogen) atoms. The molecule has 0 bridgehead atoms. The molecule has 0 atom stereocenters.